The SMILES string of the molecule is Cc1cccc(-n2c(SC[C@H]3CCCO3)nc3ccccc3c2=O)c1C. The molecule has 1 fully saturated rings. The molecule has 2 heterocycles. The molecular formula is C21H22N2O2S. The van der Waals surface area contributed by atoms with Gasteiger partial charge in [0, 0.05) is 12.4 Å². The molecule has 2 aromatic carbocycles. The van der Waals surface area contributed by atoms with Gasteiger partial charge in [-0.3, -0.25) is 9.36 Å². The van der Waals surface area contributed by atoms with E-state index in [1.807, 2.05) is 36.4 Å². The lowest BCUT2D eigenvalue weighted by Crippen LogP contribution is -2.23. The van der Waals surface area contributed by atoms with E-state index in [9.17, 15) is 4.79 Å². The molecule has 5 heteroatoms. The van der Waals surface area contributed by atoms with Crippen LogP contribution in [0.3, 0.4) is 0 Å². The number of aromatic nitrogens is 2. The monoisotopic (exact) mass is 366 g/mol. The lowest BCUT2D eigenvalue weighted by atomic mass is 10.1. The lowest BCUT2D eigenvalue weighted by Gasteiger charge is -2.17. The van der Waals surface area contributed by atoms with Crippen molar-refractivity contribution in [3.63, 3.8) is 0 Å². The highest BCUT2D eigenvalue weighted by atomic mass is 32.2. The molecule has 0 saturated carbocycles. The van der Waals surface area contributed by atoms with Crippen molar-refractivity contribution in [2.24, 2.45) is 0 Å². The Morgan fingerprint density at radius 3 is 2.85 bits per heavy atom. The fourth-order valence-corrected chi connectivity index (χ4v) is 4.41. The Morgan fingerprint density at radius 2 is 2.04 bits per heavy atom. The van der Waals surface area contributed by atoms with Crippen LogP contribution in [0.5, 0.6) is 0 Å². The normalized spacial score (nSPS) is 17.1. The van der Waals surface area contributed by atoms with Gasteiger partial charge in [0.05, 0.1) is 22.7 Å². The van der Waals surface area contributed by atoms with E-state index in [0.717, 1.165) is 52.7 Å². The van der Waals surface area contributed by atoms with Gasteiger partial charge in [0.15, 0.2) is 5.16 Å². The number of rotatable bonds is 4. The van der Waals surface area contributed by atoms with Crippen molar-refractivity contribution in [1.29, 1.82) is 0 Å². The Balaban J connectivity index is 1.87. The second-order valence-corrected chi connectivity index (χ2v) is 7.70. The average molecular weight is 366 g/mol. The number of hydrogen-bond acceptors (Lipinski definition) is 4. The topological polar surface area (TPSA) is 44.1 Å². The molecule has 0 unspecified atom stereocenters. The summed E-state index contributed by atoms with van der Waals surface area (Å²) in [6.45, 7) is 4.96. The maximum atomic E-state index is 13.3. The van der Waals surface area contributed by atoms with Crippen LogP contribution in [-0.4, -0.2) is 28.0 Å². The second kappa shape index (κ2) is 7.25. The number of ether oxygens (including phenoxy) is 1. The van der Waals surface area contributed by atoms with Crippen LogP contribution in [-0.2, 0) is 4.74 Å². The van der Waals surface area contributed by atoms with E-state index in [0.29, 0.717) is 5.39 Å². The maximum absolute atomic E-state index is 13.3. The Labute approximate surface area is 157 Å². The molecule has 4 nitrogen and oxygen atoms in total. The first kappa shape index (κ1) is 17.3. The molecule has 0 amide bonds. The van der Waals surface area contributed by atoms with E-state index in [4.69, 9.17) is 9.72 Å². The Kier molecular flexibility index (Phi) is 4.83. The minimum atomic E-state index is -0.0147. The molecule has 26 heavy (non-hydrogen) atoms. The number of aryl methyl sites for hydroxylation is 1. The Morgan fingerprint density at radius 1 is 1.19 bits per heavy atom. The summed E-state index contributed by atoms with van der Waals surface area (Å²) in [6, 6.07) is 13.6. The third kappa shape index (κ3) is 3.17. The highest BCUT2D eigenvalue weighted by Crippen LogP contribution is 2.27. The quantitative estimate of drug-likeness (QED) is 0.511. The lowest BCUT2D eigenvalue weighted by molar-refractivity contribution is 0.129. The van der Waals surface area contributed by atoms with Gasteiger partial charge in [-0.1, -0.05) is 36.0 Å². The molecule has 1 saturated heterocycles. The van der Waals surface area contributed by atoms with Crippen molar-refractivity contribution >= 4 is 22.7 Å². The largest absolute Gasteiger partial charge is 0.377 e. The van der Waals surface area contributed by atoms with Crippen molar-refractivity contribution in [3.8, 4) is 5.69 Å². The van der Waals surface area contributed by atoms with Crippen LogP contribution in [0.15, 0.2) is 52.4 Å². The van der Waals surface area contributed by atoms with E-state index in [1.54, 1.807) is 16.3 Å². The summed E-state index contributed by atoms with van der Waals surface area (Å²) in [4.78, 5) is 18.1. The van der Waals surface area contributed by atoms with Crippen LogP contribution < -0.4 is 5.56 Å². The summed E-state index contributed by atoms with van der Waals surface area (Å²) in [5.74, 6) is 0.815. The van der Waals surface area contributed by atoms with Gasteiger partial charge < -0.3 is 4.74 Å². The highest BCUT2D eigenvalue weighted by Gasteiger charge is 2.19. The predicted octanol–water partition coefficient (Wildman–Crippen LogP) is 4.27. The summed E-state index contributed by atoms with van der Waals surface area (Å²) in [7, 11) is 0. The van der Waals surface area contributed by atoms with E-state index in [-0.39, 0.29) is 11.7 Å². The van der Waals surface area contributed by atoms with E-state index in [1.165, 1.54) is 0 Å². The summed E-state index contributed by atoms with van der Waals surface area (Å²) < 4.78 is 7.51. The van der Waals surface area contributed by atoms with Crippen LogP contribution in [0.4, 0.5) is 0 Å². The van der Waals surface area contributed by atoms with Gasteiger partial charge in [-0.05, 0) is 56.0 Å². The van der Waals surface area contributed by atoms with Crippen molar-refractivity contribution in [3.05, 3.63) is 63.9 Å². The van der Waals surface area contributed by atoms with Gasteiger partial charge in [0.25, 0.3) is 5.56 Å². The predicted molar refractivity (Wildman–Crippen MR) is 107 cm³/mol. The van der Waals surface area contributed by atoms with Crippen molar-refractivity contribution in [1.82, 2.24) is 9.55 Å². The zero-order valence-corrected chi connectivity index (χ0v) is 15.9. The molecule has 0 N–H and O–H groups in total. The third-order valence-electron chi connectivity index (χ3n) is 4.98. The second-order valence-electron chi connectivity index (χ2n) is 6.72. The van der Waals surface area contributed by atoms with E-state index >= 15 is 0 Å². The maximum Gasteiger partial charge on any atom is 0.266 e. The zero-order chi connectivity index (χ0) is 18.1. The number of benzene rings is 2. The molecule has 1 aliphatic rings. The summed E-state index contributed by atoms with van der Waals surface area (Å²) in [5, 5.41) is 1.38. The molecule has 4 rings (SSSR count). The number of thioether (sulfide) groups is 1. The fourth-order valence-electron chi connectivity index (χ4n) is 3.34. The Hall–Kier alpha value is -2.11. The van der Waals surface area contributed by atoms with Gasteiger partial charge in [0.1, 0.15) is 0 Å². The van der Waals surface area contributed by atoms with Crippen molar-refractivity contribution in [2.75, 3.05) is 12.4 Å². The molecule has 1 atom stereocenters. The summed E-state index contributed by atoms with van der Waals surface area (Å²) in [6.07, 6.45) is 2.43. The first-order valence-electron chi connectivity index (χ1n) is 8.98. The molecule has 0 bridgehead atoms. The number of para-hydroxylation sites is 1. The molecule has 0 radical (unpaired) electrons. The van der Waals surface area contributed by atoms with Crippen LogP contribution in [0.2, 0.25) is 0 Å². The molecule has 1 aliphatic heterocycles. The fraction of sp³-hybridized carbons (Fsp3) is 0.333. The minimum Gasteiger partial charge on any atom is -0.377 e. The standard InChI is InChI=1S/C21H22N2O2S/c1-14-7-5-11-19(15(14)2)23-20(24)17-9-3-4-10-18(17)22-21(23)26-13-16-8-6-12-25-16/h3-5,7,9-11,16H,6,8,12-13H2,1-2H3/t16-/m1/s1. The van der Waals surface area contributed by atoms with Gasteiger partial charge >= 0.3 is 0 Å². The third-order valence-corrected chi connectivity index (χ3v) is 6.05. The van der Waals surface area contributed by atoms with Crippen molar-refractivity contribution < 1.29 is 4.74 Å². The molecular weight excluding hydrogens is 344 g/mol. The zero-order valence-electron chi connectivity index (χ0n) is 15.1. The molecule has 1 aromatic heterocycles. The van der Waals surface area contributed by atoms with Gasteiger partial charge in [-0.25, -0.2) is 4.98 Å². The number of nitrogens with zero attached hydrogens (tertiary/aromatic N) is 2. The average Bonchev–Trinajstić information content (AvgIpc) is 3.17. The Bertz CT molecular complexity index is 1010. The van der Waals surface area contributed by atoms with E-state index in [2.05, 4.69) is 19.9 Å². The summed E-state index contributed by atoms with van der Waals surface area (Å²) in [5.41, 5.74) is 3.90. The van der Waals surface area contributed by atoms with Crippen LogP contribution >= 0.6 is 11.8 Å². The van der Waals surface area contributed by atoms with Crippen molar-refractivity contribution in [2.45, 2.75) is 37.9 Å². The van der Waals surface area contributed by atoms with Crippen LogP contribution in [0, 0.1) is 13.8 Å². The van der Waals surface area contributed by atoms with Gasteiger partial charge in [-0.2, -0.15) is 0 Å². The first-order chi connectivity index (χ1) is 12.6. The molecule has 3 aromatic rings. The molecule has 0 spiro atoms. The smallest absolute Gasteiger partial charge is 0.266 e. The van der Waals surface area contributed by atoms with Gasteiger partial charge in [0.2, 0.25) is 0 Å². The first-order valence-corrected chi connectivity index (χ1v) is 9.96. The van der Waals surface area contributed by atoms with Crippen LogP contribution in [0.25, 0.3) is 16.6 Å². The van der Waals surface area contributed by atoms with Crippen LogP contribution in [0.1, 0.15) is 24.0 Å². The van der Waals surface area contributed by atoms with Gasteiger partial charge in [-0.15, -0.1) is 0 Å². The highest BCUT2D eigenvalue weighted by molar-refractivity contribution is 7.99. The molecule has 134 valence electrons. The van der Waals surface area contributed by atoms with E-state index < -0.39 is 0 Å². The minimum absolute atomic E-state index is 0.0147. The number of fused-ring (bicyclic) bond motifs is 1. The molecule has 0 aliphatic carbocycles. The summed E-state index contributed by atoms with van der Waals surface area (Å²) >= 11 is 1.61. The number of hydrogen-bond donors (Lipinski definition) is 0.